The van der Waals surface area contributed by atoms with E-state index in [1.165, 1.54) is 13.0 Å². The second-order valence-corrected chi connectivity index (χ2v) is 3.93. The zero-order valence-corrected chi connectivity index (χ0v) is 9.11. The third-order valence-electron chi connectivity index (χ3n) is 1.97. The summed E-state index contributed by atoms with van der Waals surface area (Å²) in [5.41, 5.74) is -1.57. The van der Waals surface area contributed by atoms with Gasteiger partial charge in [-0.1, -0.05) is 0 Å². The first-order chi connectivity index (χ1) is 7.80. The fraction of sp³-hybridized carbons (Fsp3) is 0.364. The summed E-state index contributed by atoms with van der Waals surface area (Å²) in [6, 6.07) is 2.90. The number of hydrogen-bond acceptors (Lipinski definition) is 3. The predicted molar refractivity (Wildman–Crippen MR) is 54.7 cm³/mol. The number of hydrogen-bond donors (Lipinski definition) is 2. The summed E-state index contributed by atoms with van der Waals surface area (Å²) in [6.45, 7) is 0.950. The van der Waals surface area contributed by atoms with Gasteiger partial charge in [0.15, 0.2) is 11.6 Å². The van der Waals surface area contributed by atoms with Gasteiger partial charge in [0.25, 0.3) is 0 Å². The monoisotopic (exact) mass is 246 g/mol. The summed E-state index contributed by atoms with van der Waals surface area (Å²) in [5.74, 6) is -3.23. The van der Waals surface area contributed by atoms with E-state index in [2.05, 4.69) is 0 Å². The Morgan fingerprint density at radius 3 is 2.59 bits per heavy atom. The molecule has 2 N–H and O–H groups in total. The number of halogens is 2. The Morgan fingerprint density at radius 1 is 1.41 bits per heavy atom. The largest absolute Gasteiger partial charge is 0.490 e. The zero-order valence-electron chi connectivity index (χ0n) is 9.11. The third kappa shape index (κ3) is 4.36. The van der Waals surface area contributed by atoms with Crippen molar-refractivity contribution in [3.63, 3.8) is 0 Å². The smallest absolute Gasteiger partial charge is 0.306 e. The minimum Gasteiger partial charge on any atom is -0.490 e. The van der Waals surface area contributed by atoms with Crippen molar-refractivity contribution in [1.29, 1.82) is 0 Å². The number of rotatable bonds is 5. The highest BCUT2D eigenvalue weighted by atomic mass is 19.2. The van der Waals surface area contributed by atoms with E-state index in [1.807, 2.05) is 0 Å². The molecule has 17 heavy (non-hydrogen) atoms. The van der Waals surface area contributed by atoms with Crippen molar-refractivity contribution >= 4 is 5.97 Å². The van der Waals surface area contributed by atoms with E-state index in [-0.39, 0.29) is 12.4 Å². The summed E-state index contributed by atoms with van der Waals surface area (Å²) in [4.78, 5) is 10.4. The van der Waals surface area contributed by atoms with Crippen LogP contribution in [0.2, 0.25) is 0 Å². The van der Waals surface area contributed by atoms with Crippen molar-refractivity contribution in [2.75, 3.05) is 6.61 Å². The molecule has 0 aromatic heterocycles. The molecule has 0 saturated carbocycles. The molecule has 0 spiro atoms. The minimum atomic E-state index is -1.57. The van der Waals surface area contributed by atoms with E-state index >= 15 is 0 Å². The number of ether oxygens (including phenoxy) is 1. The molecule has 0 bridgehead atoms. The first kappa shape index (κ1) is 13.4. The lowest BCUT2D eigenvalue weighted by Gasteiger charge is -2.21. The minimum absolute atomic E-state index is 0.0227. The summed E-state index contributed by atoms with van der Waals surface area (Å²) < 4.78 is 30.4. The van der Waals surface area contributed by atoms with Crippen molar-refractivity contribution in [3.05, 3.63) is 29.8 Å². The van der Waals surface area contributed by atoms with Crippen molar-refractivity contribution < 1.29 is 28.5 Å². The first-order valence-electron chi connectivity index (χ1n) is 4.82. The van der Waals surface area contributed by atoms with Gasteiger partial charge in [-0.15, -0.1) is 0 Å². The van der Waals surface area contributed by atoms with E-state index in [1.54, 1.807) is 0 Å². The van der Waals surface area contributed by atoms with Gasteiger partial charge in [-0.25, -0.2) is 8.78 Å². The lowest BCUT2D eigenvalue weighted by molar-refractivity contribution is -0.143. The Morgan fingerprint density at radius 2 is 2.06 bits per heavy atom. The highest BCUT2D eigenvalue weighted by molar-refractivity contribution is 5.68. The van der Waals surface area contributed by atoms with E-state index in [0.29, 0.717) is 0 Å². The molecule has 0 saturated heterocycles. The predicted octanol–water partition coefficient (Wildman–Crippen LogP) is 1.57. The Balaban J connectivity index is 2.60. The Labute approximate surface area is 96.5 Å². The number of carbonyl (C=O) groups is 1. The average Bonchev–Trinajstić information content (AvgIpc) is 2.18. The molecule has 1 unspecified atom stereocenters. The van der Waals surface area contributed by atoms with Gasteiger partial charge in [0, 0.05) is 6.07 Å². The summed E-state index contributed by atoms with van der Waals surface area (Å²) in [6.07, 6.45) is -0.503. The van der Waals surface area contributed by atoms with Crippen LogP contribution in [-0.4, -0.2) is 28.4 Å². The van der Waals surface area contributed by atoms with Crippen LogP contribution in [0.3, 0.4) is 0 Å². The second kappa shape index (κ2) is 5.09. The number of carboxylic acids is 1. The molecule has 0 aliphatic heterocycles. The van der Waals surface area contributed by atoms with Crippen molar-refractivity contribution in [2.24, 2.45) is 0 Å². The topological polar surface area (TPSA) is 66.8 Å². The molecule has 0 heterocycles. The molecular weight excluding hydrogens is 234 g/mol. The molecule has 0 aliphatic carbocycles. The standard InChI is InChI=1S/C11H12F2O4/c1-11(16,5-10(14)15)6-17-7-2-3-8(12)9(13)4-7/h2-4,16H,5-6H2,1H3,(H,14,15). The highest BCUT2D eigenvalue weighted by Gasteiger charge is 2.25. The molecular formula is C11H12F2O4. The van der Waals surface area contributed by atoms with E-state index in [4.69, 9.17) is 9.84 Å². The van der Waals surface area contributed by atoms with Gasteiger partial charge in [-0.05, 0) is 19.1 Å². The maximum atomic E-state index is 12.8. The third-order valence-corrected chi connectivity index (χ3v) is 1.97. The van der Waals surface area contributed by atoms with Crippen LogP contribution in [0.25, 0.3) is 0 Å². The summed E-state index contributed by atoms with van der Waals surface area (Å²) in [5, 5.41) is 18.1. The number of aliphatic hydroxyl groups is 1. The number of aliphatic carboxylic acids is 1. The van der Waals surface area contributed by atoms with E-state index < -0.39 is 29.6 Å². The Bertz CT molecular complexity index is 418. The molecule has 1 aromatic rings. The van der Waals surface area contributed by atoms with Crippen LogP contribution in [0.5, 0.6) is 5.75 Å². The van der Waals surface area contributed by atoms with Crippen molar-refractivity contribution in [3.8, 4) is 5.75 Å². The SMILES string of the molecule is CC(O)(COc1ccc(F)c(F)c1)CC(=O)O. The molecule has 0 amide bonds. The van der Waals surface area contributed by atoms with Gasteiger partial charge in [-0.2, -0.15) is 0 Å². The summed E-state index contributed by atoms with van der Waals surface area (Å²) >= 11 is 0. The molecule has 0 fully saturated rings. The molecule has 6 heteroatoms. The van der Waals surface area contributed by atoms with E-state index in [0.717, 1.165) is 12.1 Å². The quantitative estimate of drug-likeness (QED) is 0.827. The van der Waals surface area contributed by atoms with Crippen molar-refractivity contribution in [1.82, 2.24) is 0 Å². The summed E-state index contributed by atoms with van der Waals surface area (Å²) in [7, 11) is 0. The first-order valence-corrected chi connectivity index (χ1v) is 4.82. The number of benzene rings is 1. The van der Waals surface area contributed by atoms with Crippen LogP contribution >= 0.6 is 0 Å². The lowest BCUT2D eigenvalue weighted by Crippen LogP contribution is -2.34. The van der Waals surface area contributed by atoms with Gasteiger partial charge in [-0.3, -0.25) is 4.79 Å². The van der Waals surface area contributed by atoms with Crippen LogP contribution in [0, 0.1) is 11.6 Å². The normalized spacial score (nSPS) is 14.1. The van der Waals surface area contributed by atoms with Gasteiger partial charge < -0.3 is 14.9 Å². The van der Waals surface area contributed by atoms with Crippen LogP contribution in [0.1, 0.15) is 13.3 Å². The lowest BCUT2D eigenvalue weighted by atomic mass is 10.0. The molecule has 1 atom stereocenters. The average molecular weight is 246 g/mol. The molecule has 94 valence electrons. The van der Waals surface area contributed by atoms with E-state index in [9.17, 15) is 18.7 Å². The van der Waals surface area contributed by atoms with Gasteiger partial charge in [0.1, 0.15) is 18.0 Å². The number of carboxylic acid groups (broad SMARTS) is 1. The molecule has 0 aliphatic rings. The van der Waals surface area contributed by atoms with Crippen LogP contribution in [0.4, 0.5) is 8.78 Å². The molecule has 1 aromatic carbocycles. The molecule has 1 rings (SSSR count). The van der Waals surface area contributed by atoms with Crippen LogP contribution < -0.4 is 4.74 Å². The fourth-order valence-electron chi connectivity index (χ4n) is 1.18. The van der Waals surface area contributed by atoms with Crippen LogP contribution in [0.15, 0.2) is 18.2 Å². The maximum absolute atomic E-state index is 12.8. The highest BCUT2D eigenvalue weighted by Crippen LogP contribution is 2.18. The van der Waals surface area contributed by atoms with Gasteiger partial charge in [0.2, 0.25) is 0 Å². The zero-order chi connectivity index (χ0) is 13.1. The molecule has 4 nitrogen and oxygen atoms in total. The van der Waals surface area contributed by atoms with Gasteiger partial charge in [0.05, 0.1) is 6.42 Å². The van der Waals surface area contributed by atoms with Crippen molar-refractivity contribution in [2.45, 2.75) is 18.9 Å². The van der Waals surface area contributed by atoms with Crippen LogP contribution in [-0.2, 0) is 4.79 Å². The maximum Gasteiger partial charge on any atom is 0.306 e. The van der Waals surface area contributed by atoms with Gasteiger partial charge >= 0.3 is 5.97 Å². The second-order valence-electron chi connectivity index (χ2n) is 3.93. The Hall–Kier alpha value is -1.69. The fourth-order valence-corrected chi connectivity index (χ4v) is 1.18. The molecule has 0 radical (unpaired) electrons. The Kier molecular flexibility index (Phi) is 4.01.